The lowest BCUT2D eigenvalue weighted by Crippen LogP contribution is -2.52. The van der Waals surface area contributed by atoms with E-state index in [1.165, 1.54) is 12.1 Å². The summed E-state index contributed by atoms with van der Waals surface area (Å²) in [4.78, 5) is 35.7. The lowest BCUT2D eigenvalue weighted by Gasteiger charge is -2.28. The highest BCUT2D eigenvalue weighted by Gasteiger charge is 2.28. The zero-order chi connectivity index (χ0) is 20.5. The number of rotatable bonds is 8. The predicted octanol–water partition coefficient (Wildman–Crippen LogP) is 2.55. The quantitative estimate of drug-likeness (QED) is 0.544. The van der Waals surface area contributed by atoms with Crippen LogP contribution in [0.25, 0.3) is 0 Å². The van der Waals surface area contributed by atoms with Crippen molar-refractivity contribution in [3.05, 3.63) is 35.6 Å². The van der Waals surface area contributed by atoms with E-state index in [1.54, 1.807) is 12.1 Å². The van der Waals surface area contributed by atoms with E-state index >= 15 is 0 Å². The Morgan fingerprint density at radius 3 is 2.36 bits per heavy atom. The Bertz CT molecular complexity index is 673. The second-order valence-corrected chi connectivity index (χ2v) is 7.19. The van der Waals surface area contributed by atoms with Crippen LogP contribution in [0, 0.1) is 11.7 Å². The minimum Gasteiger partial charge on any atom is -0.481 e. The number of carbonyl (C=O) groups excluding carboxylic acids is 2. The second kappa shape index (κ2) is 10.6. The number of carbonyl (C=O) groups is 3. The molecule has 28 heavy (non-hydrogen) atoms. The van der Waals surface area contributed by atoms with Gasteiger partial charge in [0.1, 0.15) is 11.9 Å². The third kappa shape index (κ3) is 6.83. The molecular weight excluding hydrogens is 365 g/mol. The number of amides is 3. The van der Waals surface area contributed by atoms with Crippen molar-refractivity contribution in [2.75, 3.05) is 0 Å². The highest BCUT2D eigenvalue weighted by Crippen LogP contribution is 2.24. The van der Waals surface area contributed by atoms with E-state index in [2.05, 4.69) is 16.0 Å². The van der Waals surface area contributed by atoms with Crippen molar-refractivity contribution >= 4 is 17.9 Å². The third-order valence-electron chi connectivity index (χ3n) is 4.99. The van der Waals surface area contributed by atoms with Crippen LogP contribution in [0.4, 0.5) is 9.18 Å². The molecule has 1 aromatic carbocycles. The average molecular weight is 393 g/mol. The number of hydrogen-bond acceptors (Lipinski definition) is 3. The topological polar surface area (TPSA) is 108 Å². The van der Waals surface area contributed by atoms with Crippen molar-refractivity contribution in [1.82, 2.24) is 16.0 Å². The first-order chi connectivity index (χ1) is 13.4. The van der Waals surface area contributed by atoms with Gasteiger partial charge in [0.15, 0.2) is 0 Å². The van der Waals surface area contributed by atoms with Crippen molar-refractivity contribution in [2.45, 2.75) is 64.1 Å². The number of carboxylic acids is 1. The number of halogens is 1. The Morgan fingerprint density at radius 1 is 1.14 bits per heavy atom. The molecule has 0 aliphatic heterocycles. The van der Waals surface area contributed by atoms with Gasteiger partial charge in [-0.15, -0.1) is 0 Å². The van der Waals surface area contributed by atoms with Crippen LogP contribution in [-0.2, 0) is 16.1 Å². The Balaban J connectivity index is 1.80. The SMILES string of the molecule is CCCC(NC(=O)NCc1ccc(F)cc1)C(=O)NC1CCC(C(=O)O)CC1. The Hall–Kier alpha value is -2.64. The summed E-state index contributed by atoms with van der Waals surface area (Å²) in [5.74, 6) is -1.72. The van der Waals surface area contributed by atoms with E-state index in [0.717, 1.165) is 12.0 Å². The van der Waals surface area contributed by atoms with E-state index in [-0.39, 0.29) is 30.2 Å². The normalized spacial score (nSPS) is 20.1. The molecule has 1 unspecified atom stereocenters. The van der Waals surface area contributed by atoms with Crippen LogP contribution in [0.3, 0.4) is 0 Å². The molecule has 1 aliphatic carbocycles. The van der Waals surface area contributed by atoms with E-state index < -0.39 is 18.0 Å². The zero-order valence-corrected chi connectivity index (χ0v) is 16.0. The number of nitrogens with one attached hydrogen (secondary N) is 3. The molecule has 1 atom stereocenters. The molecule has 3 amide bonds. The Labute approximate surface area is 164 Å². The largest absolute Gasteiger partial charge is 0.481 e. The number of aliphatic carboxylic acids is 1. The maximum Gasteiger partial charge on any atom is 0.315 e. The maximum atomic E-state index is 12.9. The van der Waals surface area contributed by atoms with E-state index in [4.69, 9.17) is 5.11 Å². The molecular formula is C20H28FN3O4. The van der Waals surface area contributed by atoms with Gasteiger partial charge in [-0.2, -0.15) is 0 Å². The standard InChI is InChI=1S/C20H28FN3O4/c1-2-3-17(18(25)23-16-10-6-14(7-11-16)19(26)27)24-20(28)22-12-13-4-8-15(21)9-5-13/h4-5,8-9,14,16-17H,2-3,6-7,10-12H2,1H3,(H,23,25)(H,26,27)(H2,22,24,28). The van der Waals surface area contributed by atoms with Gasteiger partial charge in [0.2, 0.25) is 5.91 Å². The van der Waals surface area contributed by atoms with Crippen LogP contribution in [0.1, 0.15) is 51.0 Å². The van der Waals surface area contributed by atoms with Gasteiger partial charge < -0.3 is 21.1 Å². The fourth-order valence-electron chi connectivity index (χ4n) is 3.34. The molecule has 0 spiro atoms. The molecule has 1 fully saturated rings. The smallest absolute Gasteiger partial charge is 0.315 e. The molecule has 1 aromatic rings. The fourth-order valence-corrected chi connectivity index (χ4v) is 3.34. The summed E-state index contributed by atoms with van der Waals surface area (Å²) in [6.45, 7) is 2.15. The number of urea groups is 1. The Morgan fingerprint density at radius 2 is 1.79 bits per heavy atom. The van der Waals surface area contributed by atoms with E-state index in [0.29, 0.717) is 32.1 Å². The lowest BCUT2D eigenvalue weighted by molar-refractivity contribution is -0.142. The highest BCUT2D eigenvalue weighted by atomic mass is 19.1. The van der Waals surface area contributed by atoms with Crippen LogP contribution >= 0.6 is 0 Å². The van der Waals surface area contributed by atoms with Crippen molar-refractivity contribution in [3.63, 3.8) is 0 Å². The summed E-state index contributed by atoms with van der Waals surface area (Å²) in [7, 11) is 0. The summed E-state index contributed by atoms with van der Waals surface area (Å²) in [6, 6.07) is 4.62. The van der Waals surface area contributed by atoms with Gasteiger partial charge in [0.05, 0.1) is 5.92 Å². The van der Waals surface area contributed by atoms with Crippen molar-refractivity contribution in [3.8, 4) is 0 Å². The predicted molar refractivity (Wildman–Crippen MR) is 102 cm³/mol. The van der Waals surface area contributed by atoms with Gasteiger partial charge in [-0.25, -0.2) is 9.18 Å². The second-order valence-electron chi connectivity index (χ2n) is 7.19. The molecule has 1 saturated carbocycles. The van der Waals surface area contributed by atoms with Gasteiger partial charge in [0.25, 0.3) is 0 Å². The monoisotopic (exact) mass is 393 g/mol. The van der Waals surface area contributed by atoms with Crippen LogP contribution in [0.2, 0.25) is 0 Å². The first-order valence-corrected chi connectivity index (χ1v) is 9.71. The Kier molecular flexibility index (Phi) is 8.22. The third-order valence-corrected chi connectivity index (χ3v) is 4.99. The van der Waals surface area contributed by atoms with Crippen LogP contribution in [0.5, 0.6) is 0 Å². The minimum absolute atomic E-state index is 0.0634. The molecule has 4 N–H and O–H groups in total. The molecule has 8 heteroatoms. The van der Waals surface area contributed by atoms with Gasteiger partial charge >= 0.3 is 12.0 Å². The van der Waals surface area contributed by atoms with Gasteiger partial charge in [-0.05, 0) is 49.8 Å². The molecule has 7 nitrogen and oxygen atoms in total. The summed E-state index contributed by atoms with van der Waals surface area (Å²) in [5, 5.41) is 17.3. The van der Waals surface area contributed by atoms with E-state index in [1.807, 2.05) is 6.92 Å². The van der Waals surface area contributed by atoms with Crippen molar-refractivity contribution < 1.29 is 23.9 Å². The van der Waals surface area contributed by atoms with E-state index in [9.17, 15) is 18.8 Å². The molecule has 1 aliphatic rings. The van der Waals surface area contributed by atoms with Crippen molar-refractivity contribution in [1.29, 1.82) is 0 Å². The molecule has 0 bridgehead atoms. The van der Waals surface area contributed by atoms with Gasteiger partial charge in [-0.3, -0.25) is 9.59 Å². The van der Waals surface area contributed by atoms with Crippen molar-refractivity contribution in [2.24, 2.45) is 5.92 Å². The van der Waals surface area contributed by atoms with Gasteiger partial charge in [0, 0.05) is 12.6 Å². The molecule has 0 aromatic heterocycles. The summed E-state index contributed by atoms with van der Waals surface area (Å²) in [6.07, 6.45) is 3.56. The first-order valence-electron chi connectivity index (χ1n) is 9.71. The first kappa shape index (κ1) is 21.7. The van der Waals surface area contributed by atoms with Crippen LogP contribution < -0.4 is 16.0 Å². The molecule has 0 radical (unpaired) electrons. The average Bonchev–Trinajstić information content (AvgIpc) is 2.67. The molecule has 0 saturated heterocycles. The fraction of sp³-hybridized carbons (Fsp3) is 0.550. The highest BCUT2D eigenvalue weighted by molar-refractivity contribution is 5.87. The summed E-state index contributed by atoms with van der Waals surface area (Å²) in [5.41, 5.74) is 0.753. The van der Waals surface area contributed by atoms with Crippen LogP contribution in [-0.4, -0.2) is 35.1 Å². The molecule has 2 rings (SSSR count). The number of benzene rings is 1. The zero-order valence-electron chi connectivity index (χ0n) is 16.0. The van der Waals surface area contributed by atoms with Crippen LogP contribution in [0.15, 0.2) is 24.3 Å². The minimum atomic E-state index is -0.784. The number of carboxylic acid groups (broad SMARTS) is 1. The molecule has 0 heterocycles. The van der Waals surface area contributed by atoms with Gasteiger partial charge in [-0.1, -0.05) is 25.5 Å². The summed E-state index contributed by atoms with van der Waals surface area (Å²) >= 11 is 0. The maximum absolute atomic E-state index is 12.9. The number of hydrogen-bond donors (Lipinski definition) is 4. The summed E-state index contributed by atoms with van der Waals surface area (Å²) < 4.78 is 12.9. The molecule has 154 valence electrons. The lowest BCUT2D eigenvalue weighted by atomic mass is 9.86.